The lowest BCUT2D eigenvalue weighted by Gasteiger charge is -2.30. The highest BCUT2D eigenvalue weighted by Gasteiger charge is 2.36. The van der Waals surface area contributed by atoms with E-state index in [-0.39, 0.29) is 5.60 Å². The summed E-state index contributed by atoms with van der Waals surface area (Å²) in [5.41, 5.74) is 1.69. The summed E-state index contributed by atoms with van der Waals surface area (Å²) in [4.78, 5) is 9.24. The lowest BCUT2D eigenvalue weighted by Crippen LogP contribution is -2.31. The molecule has 0 atom stereocenters. The molecular weight excluding hydrogens is 260 g/mol. The van der Waals surface area contributed by atoms with E-state index in [1.54, 1.807) is 7.11 Å². The molecule has 3 nitrogen and oxygen atoms in total. The number of rotatable bonds is 3. The zero-order valence-electron chi connectivity index (χ0n) is 12.1. The first kappa shape index (κ1) is 14.7. The van der Waals surface area contributed by atoms with Gasteiger partial charge in [0.15, 0.2) is 5.82 Å². The number of methoxy groups -OCH3 is 1. The predicted octanol–water partition coefficient (Wildman–Crippen LogP) is 4.20. The lowest BCUT2D eigenvalue weighted by molar-refractivity contribution is -0.0353. The highest BCUT2D eigenvalue weighted by molar-refractivity contribution is 6.30. The first-order chi connectivity index (χ1) is 9.13. The van der Waals surface area contributed by atoms with Crippen LogP contribution in [0.25, 0.3) is 0 Å². The van der Waals surface area contributed by atoms with Crippen LogP contribution >= 0.6 is 11.6 Å². The lowest BCUT2D eigenvalue weighted by atomic mass is 9.93. The van der Waals surface area contributed by atoms with Crippen LogP contribution in [-0.4, -0.2) is 17.1 Å². The Morgan fingerprint density at radius 3 is 2.26 bits per heavy atom. The van der Waals surface area contributed by atoms with Gasteiger partial charge in [0, 0.05) is 18.4 Å². The molecule has 0 radical (unpaired) electrons. The minimum Gasteiger partial charge on any atom is -0.370 e. The van der Waals surface area contributed by atoms with Crippen molar-refractivity contribution in [2.24, 2.45) is 0 Å². The van der Waals surface area contributed by atoms with Crippen molar-refractivity contribution in [1.82, 2.24) is 9.97 Å². The fourth-order valence-electron chi connectivity index (χ4n) is 2.99. The summed E-state index contributed by atoms with van der Waals surface area (Å²) in [5, 5.41) is 0.589. The normalized spacial score (nSPS) is 19.2. The smallest absolute Gasteiger partial charge is 0.162 e. The molecule has 19 heavy (non-hydrogen) atoms. The van der Waals surface area contributed by atoms with Crippen LogP contribution in [0.5, 0.6) is 0 Å². The van der Waals surface area contributed by atoms with Gasteiger partial charge in [0.2, 0.25) is 0 Å². The molecule has 1 saturated carbocycles. The summed E-state index contributed by atoms with van der Waals surface area (Å²) in [6, 6.07) is 0. The van der Waals surface area contributed by atoms with Gasteiger partial charge in [0.1, 0.15) is 10.8 Å². The summed E-state index contributed by atoms with van der Waals surface area (Å²) in [6.45, 7) is 4.09. The molecule has 1 aromatic heterocycles. The molecule has 1 fully saturated rings. The van der Waals surface area contributed by atoms with Crippen molar-refractivity contribution in [3.63, 3.8) is 0 Å². The Balaban J connectivity index is 2.42. The number of nitrogens with zero attached hydrogens (tertiary/aromatic N) is 2. The Hall–Kier alpha value is -0.670. The van der Waals surface area contributed by atoms with E-state index in [4.69, 9.17) is 21.3 Å². The molecule has 0 unspecified atom stereocenters. The van der Waals surface area contributed by atoms with Crippen LogP contribution in [0.4, 0.5) is 0 Å². The molecule has 0 N–H and O–H groups in total. The Morgan fingerprint density at radius 2 is 1.79 bits per heavy atom. The third-order valence-electron chi connectivity index (χ3n) is 4.23. The van der Waals surface area contributed by atoms with E-state index < -0.39 is 0 Å². The van der Waals surface area contributed by atoms with Gasteiger partial charge in [-0.15, -0.1) is 0 Å². The Bertz CT molecular complexity index is 417. The summed E-state index contributed by atoms with van der Waals surface area (Å²) < 4.78 is 5.84. The van der Waals surface area contributed by atoms with Crippen LogP contribution < -0.4 is 0 Å². The predicted molar refractivity (Wildman–Crippen MR) is 77.5 cm³/mol. The maximum atomic E-state index is 6.31. The highest BCUT2D eigenvalue weighted by atomic mass is 35.5. The molecule has 0 aromatic carbocycles. The van der Waals surface area contributed by atoms with Crippen LogP contribution in [0.3, 0.4) is 0 Å². The first-order valence-corrected chi connectivity index (χ1v) is 7.59. The van der Waals surface area contributed by atoms with Gasteiger partial charge in [-0.2, -0.15) is 0 Å². The monoisotopic (exact) mass is 282 g/mol. The van der Waals surface area contributed by atoms with Crippen molar-refractivity contribution in [2.75, 3.05) is 7.11 Å². The Labute approximate surface area is 120 Å². The van der Waals surface area contributed by atoms with Crippen molar-refractivity contribution in [2.45, 2.75) is 64.4 Å². The van der Waals surface area contributed by atoms with Crippen molar-refractivity contribution in [3.05, 3.63) is 22.2 Å². The van der Waals surface area contributed by atoms with E-state index in [1.165, 1.54) is 25.7 Å². The van der Waals surface area contributed by atoms with Crippen LogP contribution in [0.2, 0.25) is 5.15 Å². The van der Waals surface area contributed by atoms with Gasteiger partial charge in [-0.1, -0.05) is 44.2 Å². The van der Waals surface area contributed by atoms with E-state index in [0.717, 1.165) is 36.3 Å². The molecule has 4 heteroatoms. The summed E-state index contributed by atoms with van der Waals surface area (Å²) in [6.07, 6.45) is 7.73. The first-order valence-electron chi connectivity index (χ1n) is 7.21. The summed E-state index contributed by atoms with van der Waals surface area (Å²) >= 11 is 6.31. The quantitative estimate of drug-likeness (QED) is 0.616. The number of hydrogen-bond donors (Lipinski definition) is 0. The number of aryl methyl sites for hydroxylation is 1. The zero-order valence-corrected chi connectivity index (χ0v) is 12.9. The van der Waals surface area contributed by atoms with Crippen LogP contribution in [-0.2, 0) is 16.8 Å². The molecule has 2 rings (SSSR count). The van der Waals surface area contributed by atoms with E-state index >= 15 is 0 Å². The fraction of sp³-hybridized carbons (Fsp3) is 0.733. The van der Waals surface area contributed by atoms with Crippen molar-refractivity contribution in [3.8, 4) is 0 Å². The minimum atomic E-state index is -0.336. The maximum absolute atomic E-state index is 6.31. The maximum Gasteiger partial charge on any atom is 0.162 e. The fourth-order valence-corrected chi connectivity index (χ4v) is 3.34. The average molecular weight is 283 g/mol. The topological polar surface area (TPSA) is 35.0 Å². The van der Waals surface area contributed by atoms with Gasteiger partial charge in [-0.3, -0.25) is 0 Å². The molecule has 0 bridgehead atoms. The number of ether oxygens (including phenoxy) is 1. The standard InChI is InChI=1S/C15H23ClN2O/c1-4-12-11(2)17-14(18-13(12)16)15(19-3)9-7-5-6-8-10-15/h4-10H2,1-3H3. The van der Waals surface area contributed by atoms with Gasteiger partial charge in [0.05, 0.1) is 0 Å². The molecule has 1 aliphatic rings. The molecular formula is C15H23ClN2O. The summed E-state index contributed by atoms with van der Waals surface area (Å²) in [7, 11) is 1.77. The zero-order chi connectivity index (χ0) is 13.9. The largest absolute Gasteiger partial charge is 0.370 e. The second kappa shape index (κ2) is 6.19. The Morgan fingerprint density at radius 1 is 1.16 bits per heavy atom. The second-order valence-electron chi connectivity index (χ2n) is 5.37. The molecule has 106 valence electrons. The molecule has 1 aliphatic carbocycles. The van der Waals surface area contributed by atoms with Gasteiger partial charge < -0.3 is 4.74 Å². The average Bonchev–Trinajstić information content (AvgIpc) is 2.64. The number of hydrogen-bond acceptors (Lipinski definition) is 3. The third-order valence-corrected chi connectivity index (χ3v) is 4.54. The van der Waals surface area contributed by atoms with Crippen LogP contribution in [0.15, 0.2) is 0 Å². The van der Waals surface area contributed by atoms with E-state index in [2.05, 4.69) is 11.9 Å². The van der Waals surface area contributed by atoms with Gasteiger partial charge >= 0.3 is 0 Å². The Kier molecular flexibility index (Phi) is 4.80. The number of aromatic nitrogens is 2. The van der Waals surface area contributed by atoms with Crippen molar-refractivity contribution >= 4 is 11.6 Å². The molecule has 1 aromatic rings. The minimum absolute atomic E-state index is 0.336. The van der Waals surface area contributed by atoms with Crippen LogP contribution in [0, 0.1) is 6.92 Å². The highest BCUT2D eigenvalue weighted by Crippen LogP contribution is 2.38. The molecule has 1 heterocycles. The molecule has 0 spiro atoms. The van der Waals surface area contributed by atoms with E-state index in [0.29, 0.717) is 5.15 Å². The SMILES string of the molecule is CCc1c(C)nc(C2(OC)CCCCCC2)nc1Cl. The van der Waals surface area contributed by atoms with Crippen molar-refractivity contribution < 1.29 is 4.74 Å². The number of halogens is 1. The molecule has 0 amide bonds. The van der Waals surface area contributed by atoms with Crippen LogP contribution in [0.1, 0.15) is 62.5 Å². The summed E-state index contributed by atoms with van der Waals surface area (Å²) in [5.74, 6) is 0.775. The van der Waals surface area contributed by atoms with Gasteiger partial charge in [0.25, 0.3) is 0 Å². The third kappa shape index (κ3) is 2.92. The molecule has 0 saturated heterocycles. The second-order valence-corrected chi connectivity index (χ2v) is 5.73. The van der Waals surface area contributed by atoms with E-state index in [1.807, 2.05) is 6.92 Å². The van der Waals surface area contributed by atoms with Gasteiger partial charge in [-0.25, -0.2) is 9.97 Å². The van der Waals surface area contributed by atoms with Crippen molar-refractivity contribution in [1.29, 1.82) is 0 Å². The van der Waals surface area contributed by atoms with Gasteiger partial charge in [-0.05, 0) is 26.2 Å². The molecule has 0 aliphatic heterocycles. The van der Waals surface area contributed by atoms with E-state index in [9.17, 15) is 0 Å².